The zero-order chi connectivity index (χ0) is 10.4. The van der Waals surface area contributed by atoms with E-state index in [0.29, 0.717) is 12.5 Å². The van der Waals surface area contributed by atoms with Crippen molar-refractivity contribution in [2.24, 2.45) is 5.92 Å². The third-order valence-electron chi connectivity index (χ3n) is 2.48. The average molecular weight is 199 g/mol. The fraction of sp³-hybridized carbons (Fsp3) is 0.909. The molecule has 0 aromatic carbocycles. The first-order chi connectivity index (χ1) is 6.68. The number of nitrogens with one attached hydrogen (secondary N) is 1. The highest BCUT2D eigenvalue weighted by Gasteiger charge is 2.17. The second kappa shape index (κ2) is 5.89. The normalized spacial score (nSPS) is 18.2. The standard InChI is InChI=1S/C11H21NO2/c1-9(2)8-12-11(13)14-10-6-4-3-5-7-10/h9-10H,3-8H2,1-2H3,(H,12,13). The van der Waals surface area contributed by atoms with E-state index in [9.17, 15) is 4.79 Å². The predicted octanol–water partition coefficient (Wildman–Crippen LogP) is 2.70. The average Bonchev–Trinajstić information content (AvgIpc) is 2.16. The molecule has 14 heavy (non-hydrogen) atoms. The van der Waals surface area contributed by atoms with Gasteiger partial charge in [-0.05, 0) is 31.6 Å². The lowest BCUT2D eigenvalue weighted by atomic mass is 9.98. The SMILES string of the molecule is CC(C)CNC(=O)OC1CCCCC1. The molecule has 1 aliphatic rings. The molecule has 1 N–H and O–H groups in total. The molecule has 0 aromatic rings. The van der Waals surface area contributed by atoms with Gasteiger partial charge < -0.3 is 10.1 Å². The van der Waals surface area contributed by atoms with Gasteiger partial charge in [-0.1, -0.05) is 20.3 Å². The molecule has 0 atom stereocenters. The van der Waals surface area contributed by atoms with E-state index in [1.807, 2.05) is 0 Å². The lowest BCUT2D eigenvalue weighted by Crippen LogP contribution is -2.32. The first kappa shape index (κ1) is 11.3. The van der Waals surface area contributed by atoms with Crippen LogP contribution in [0.3, 0.4) is 0 Å². The first-order valence-corrected chi connectivity index (χ1v) is 5.63. The maximum atomic E-state index is 11.3. The van der Waals surface area contributed by atoms with Crippen LogP contribution in [0.15, 0.2) is 0 Å². The molecular formula is C11H21NO2. The molecule has 1 rings (SSSR count). The Balaban J connectivity index is 2.12. The highest BCUT2D eigenvalue weighted by Crippen LogP contribution is 2.20. The van der Waals surface area contributed by atoms with Crippen LogP contribution in [0.25, 0.3) is 0 Å². The van der Waals surface area contributed by atoms with Crippen LogP contribution in [0.1, 0.15) is 46.0 Å². The van der Waals surface area contributed by atoms with Crippen LogP contribution in [0.5, 0.6) is 0 Å². The van der Waals surface area contributed by atoms with E-state index < -0.39 is 0 Å². The summed E-state index contributed by atoms with van der Waals surface area (Å²) in [4.78, 5) is 11.3. The predicted molar refractivity (Wildman–Crippen MR) is 56.2 cm³/mol. The molecule has 1 saturated carbocycles. The number of carbonyl (C=O) groups excluding carboxylic acids is 1. The van der Waals surface area contributed by atoms with E-state index in [-0.39, 0.29) is 12.2 Å². The van der Waals surface area contributed by atoms with Crippen molar-refractivity contribution in [2.75, 3.05) is 6.54 Å². The Bertz CT molecular complexity index is 174. The van der Waals surface area contributed by atoms with Crippen molar-refractivity contribution in [3.63, 3.8) is 0 Å². The molecule has 1 aliphatic carbocycles. The quantitative estimate of drug-likeness (QED) is 0.759. The maximum absolute atomic E-state index is 11.3. The van der Waals surface area contributed by atoms with E-state index in [1.165, 1.54) is 19.3 Å². The molecule has 0 saturated heterocycles. The Kier molecular flexibility index (Phi) is 4.77. The van der Waals surface area contributed by atoms with Crippen molar-refractivity contribution in [2.45, 2.75) is 52.1 Å². The van der Waals surface area contributed by atoms with Crippen LogP contribution in [-0.2, 0) is 4.74 Å². The zero-order valence-corrected chi connectivity index (χ0v) is 9.21. The minimum Gasteiger partial charge on any atom is -0.446 e. The Morgan fingerprint density at radius 3 is 2.57 bits per heavy atom. The van der Waals surface area contributed by atoms with E-state index in [0.717, 1.165) is 12.8 Å². The summed E-state index contributed by atoms with van der Waals surface area (Å²) in [5, 5.41) is 2.77. The summed E-state index contributed by atoms with van der Waals surface area (Å²) in [5.74, 6) is 0.480. The van der Waals surface area contributed by atoms with Gasteiger partial charge in [0, 0.05) is 6.54 Å². The van der Waals surface area contributed by atoms with Crippen LogP contribution in [0, 0.1) is 5.92 Å². The van der Waals surface area contributed by atoms with E-state index in [2.05, 4.69) is 19.2 Å². The summed E-state index contributed by atoms with van der Waals surface area (Å²) >= 11 is 0. The summed E-state index contributed by atoms with van der Waals surface area (Å²) in [7, 11) is 0. The molecular weight excluding hydrogens is 178 g/mol. The molecule has 82 valence electrons. The summed E-state index contributed by atoms with van der Waals surface area (Å²) in [6, 6.07) is 0. The number of amides is 1. The monoisotopic (exact) mass is 199 g/mol. The van der Waals surface area contributed by atoms with Crippen molar-refractivity contribution in [3.8, 4) is 0 Å². The number of rotatable bonds is 3. The Labute approximate surface area is 86.2 Å². The molecule has 0 heterocycles. The summed E-state index contributed by atoms with van der Waals surface area (Å²) in [5.41, 5.74) is 0. The van der Waals surface area contributed by atoms with Gasteiger partial charge in [0.05, 0.1) is 0 Å². The van der Waals surface area contributed by atoms with Crippen LogP contribution in [0.2, 0.25) is 0 Å². The Hall–Kier alpha value is -0.730. The Morgan fingerprint density at radius 1 is 1.36 bits per heavy atom. The van der Waals surface area contributed by atoms with Crippen molar-refractivity contribution in [1.29, 1.82) is 0 Å². The number of alkyl carbamates (subject to hydrolysis) is 1. The molecule has 0 bridgehead atoms. The van der Waals surface area contributed by atoms with Crippen LogP contribution in [0.4, 0.5) is 4.79 Å². The van der Waals surface area contributed by atoms with Gasteiger partial charge in [0.1, 0.15) is 6.10 Å². The molecule has 1 amide bonds. The molecule has 3 heteroatoms. The van der Waals surface area contributed by atoms with Crippen molar-refractivity contribution in [1.82, 2.24) is 5.32 Å². The van der Waals surface area contributed by atoms with Gasteiger partial charge in [-0.15, -0.1) is 0 Å². The first-order valence-electron chi connectivity index (χ1n) is 5.63. The van der Waals surface area contributed by atoms with Gasteiger partial charge in [-0.25, -0.2) is 4.79 Å². The van der Waals surface area contributed by atoms with Crippen LogP contribution in [-0.4, -0.2) is 18.7 Å². The second-order valence-corrected chi connectivity index (χ2v) is 4.44. The van der Waals surface area contributed by atoms with Gasteiger partial charge >= 0.3 is 6.09 Å². The highest BCUT2D eigenvalue weighted by atomic mass is 16.6. The second-order valence-electron chi connectivity index (χ2n) is 4.44. The van der Waals surface area contributed by atoms with Crippen LogP contribution >= 0.6 is 0 Å². The van der Waals surface area contributed by atoms with Crippen molar-refractivity contribution >= 4 is 6.09 Å². The van der Waals surface area contributed by atoms with Crippen molar-refractivity contribution in [3.05, 3.63) is 0 Å². The maximum Gasteiger partial charge on any atom is 0.407 e. The lowest BCUT2D eigenvalue weighted by molar-refractivity contribution is 0.0747. The van der Waals surface area contributed by atoms with E-state index in [4.69, 9.17) is 4.74 Å². The number of hydrogen-bond donors (Lipinski definition) is 1. The molecule has 0 radical (unpaired) electrons. The zero-order valence-electron chi connectivity index (χ0n) is 9.21. The highest BCUT2D eigenvalue weighted by molar-refractivity contribution is 5.67. The number of ether oxygens (including phenoxy) is 1. The summed E-state index contributed by atoms with van der Waals surface area (Å²) < 4.78 is 5.29. The van der Waals surface area contributed by atoms with Crippen molar-refractivity contribution < 1.29 is 9.53 Å². The summed E-state index contributed by atoms with van der Waals surface area (Å²) in [6.45, 7) is 4.84. The minimum absolute atomic E-state index is 0.163. The van der Waals surface area contributed by atoms with Gasteiger partial charge in [0.25, 0.3) is 0 Å². The van der Waals surface area contributed by atoms with E-state index >= 15 is 0 Å². The Morgan fingerprint density at radius 2 is 2.00 bits per heavy atom. The van der Waals surface area contributed by atoms with Gasteiger partial charge in [0.2, 0.25) is 0 Å². The van der Waals surface area contributed by atoms with E-state index in [1.54, 1.807) is 0 Å². The molecule has 3 nitrogen and oxygen atoms in total. The number of hydrogen-bond acceptors (Lipinski definition) is 2. The number of carbonyl (C=O) groups is 1. The fourth-order valence-corrected chi connectivity index (χ4v) is 1.66. The summed E-state index contributed by atoms with van der Waals surface area (Å²) in [6.07, 6.45) is 5.67. The topological polar surface area (TPSA) is 38.3 Å². The molecule has 0 unspecified atom stereocenters. The van der Waals surface area contributed by atoms with Gasteiger partial charge in [0.15, 0.2) is 0 Å². The molecule has 1 fully saturated rings. The third-order valence-corrected chi connectivity index (χ3v) is 2.48. The molecule has 0 spiro atoms. The smallest absolute Gasteiger partial charge is 0.407 e. The molecule has 0 aliphatic heterocycles. The third kappa shape index (κ3) is 4.49. The fourth-order valence-electron chi connectivity index (χ4n) is 1.66. The largest absolute Gasteiger partial charge is 0.446 e. The minimum atomic E-state index is -0.245. The molecule has 0 aromatic heterocycles. The van der Waals surface area contributed by atoms with Gasteiger partial charge in [-0.3, -0.25) is 0 Å². The lowest BCUT2D eigenvalue weighted by Gasteiger charge is -2.22. The van der Waals surface area contributed by atoms with Crippen LogP contribution < -0.4 is 5.32 Å². The van der Waals surface area contributed by atoms with Gasteiger partial charge in [-0.2, -0.15) is 0 Å².